The predicted molar refractivity (Wildman–Crippen MR) is 268 cm³/mol. The van der Waals surface area contributed by atoms with Gasteiger partial charge in [-0.05, 0) is 157 Å². The molecule has 1 nitrogen and oxygen atoms in total. The molecule has 2 fully saturated rings. The molecule has 0 aromatic heterocycles. The summed E-state index contributed by atoms with van der Waals surface area (Å²) >= 11 is 0. The Morgan fingerprint density at radius 3 is 1.83 bits per heavy atom. The largest absolute Gasteiger partial charge is 0.310 e. The topological polar surface area (TPSA) is 3.24 Å². The van der Waals surface area contributed by atoms with Crippen LogP contribution < -0.4 is 4.90 Å². The molecular weight excluding hydrogens is 771 g/mol. The van der Waals surface area contributed by atoms with Gasteiger partial charge in [-0.15, -0.1) is 0 Å². The van der Waals surface area contributed by atoms with E-state index in [1.807, 2.05) is 0 Å². The molecule has 2 unspecified atom stereocenters. The maximum Gasteiger partial charge on any atom is 0.0714 e. The van der Waals surface area contributed by atoms with Crippen LogP contribution >= 0.6 is 0 Å². The average molecular weight is 824 g/mol. The van der Waals surface area contributed by atoms with Crippen molar-refractivity contribution in [1.82, 2.24) is 0 Å². The highest BCUT2D eigenvalue weighted by molar-refractivity contribution is 6.08. The monoisotopic (exact) mass is 823 g/mol. The Labute approximate surface area is 378 Å². The summed E-state index contributed by atoms with van der Waals surface area (Å²) in [5.41, 5.74) is 17.2. The lowest BCUT2D eigenvalue weighted by molar-refractivity contribution is 0.152. The van der Waals surface area contributed by atoms with E-state index in [0.717, 1.165) is 28.9 Å². The Morgan fingerprint density at radius 2 is 1.02 bits per heavy atom. The predicted octanol–water partition coefficient (Wildman–Crippen LogP) is 17.0. The number of nitrogens with zero attached hydrogens (tertiary/aromatic N) is 1. The van der Waals surface area contributed by atoms with Crippen molar-refractivity contribution in [2.75, 3.05) is 4.90 Å². The Hall–Kier alpha value is -6.70. The molecule has 9 aromatic carbocycles. The van der Waals surface area contributed by atoms with Gasteiger partial charge in [0, 0.05) is 17.1 Å². The van der Waals surface area contributed by atoms with Crippen molar-refractivity contribution in [2.24, 2.45) is 5.92 Å². The Balaban J connectivity index is 0.973. The van der Waals surface area contributed by atoms with Crippen molar-refractivity contribution in [3.63, 3.8) is 0 Å². The first-order valence-electron chi connectivity index (χ1n) is 24.0. The quantitative estimate of drug-likeness (QED) is 0.151. The number of hydrogen-bond donors (Lipinski definition) is 0. The highest BCUT2D eigenvalue weighted by Crippen LogP contribution is 2.62. The first kappa shape index (κ1) is 37.8. The van der Waals surface area contributed by atoms with Gasteiger partial charge in [0.25, 0.3) is 0 Å². The van der Waals surface area contributed by atoms with E-state index in [9.17, 15) is 0 Å². The molecule has 64 heavy (non-hydrogen) atoms. The molecule has 0 radical (unpaired) electrons. The average Bonchev–Trinajstić information content (AvgIpc) is 3.81. The van der Waals surface area contributed by atoms with Crippen LogP contribution in [0.15, 0.2) is 200 Å². The Bertz CT molecular complexity index is 3170. The second-order valence-electron chi connectivity index (χ2n) is 19.3. The third-order valence-electron chi connectivity index (χ3n) is 16.4. The lowest BCUT2D eigenvalue weighted by Gasteiger charge is -2.43. The maximum absolute atomic E-state index is 2.62. The van der Waals surface area contributed by atoms with Crippen LogP contribution in [0, 0.1) is 5.92 Å². The van der Waals surface area contributed by atoms with Gasteiger partial charge in [0.05, 0.1) is 5.41 Å². The summed E-state index contributed by atoms with van der Waals surface area (Å²) in [7, 11) is 0. The van der Waals surface area contributed by atoms with Gasteiger partial charge >= 0.3 is 0 Å². The van der Waals surface area contributed by atoms with Crippen molar-refractivity contribution in [3.05, 3.63) is 234 Å². The van der Waals surface area contributed by atoms with E-state index in [4.69, 9.17) is 0 Å². The van der Waals surface area contributed by atoms with Crippen LogP contribution in [-0.4, -0.2) is 0 Å². The standard InChI is InChI=1S/C63H53N/c1-4-17-47(18-5-1)63(48-19-6-2-7-20-48)60-25-13-11-22-54(60)56-36-34-51(42-61(56)63)64(50-33-35-53-46(40-50)27-26-44-16-8-9-21-52(44)53)49-31-28-43(29-32-49)45-30-37-59-57(41-45)55-23-10-12-24-58(55)62(59)38-14-3-15-39-62/h1-2,4-9,11,13,16-22,25-37,40-42,55,58H,3,10,12,14-15,23-24,38-39H2. The van der Waals surface area contributed by atoms with E-state index >= 15 is 0 Å². The van der Waals surface area contributed by atoms with Gasteiger partial charge in [0.15, 0.2) is 0 Å². The van der Waals surface area contributed by atoms with Crippen LogP contribution in [0.5, 0.6) is 0 Å². The number of benzene rings is 9. The third-order valence-corrected chi connectivity index (χ3v) is 16.4. The van der Waals surface area contributed by atoms with E-state index in [1.54, 1.807) is 11.1 Å². The van der Waals surface area contributed by atoms with Crippen molar-refractivity contribution in [2.45, 2.75) is 74.5 Å². The summed E-state index contributed by atoms with van der Waals surface area (Å²) in [6.07, 6.45) is 12.5. The van der Waals surface area contributed by atoms with Gasteiger partial charge in [-0.1, -0.05) is 196 Å². The van der Waals surface area contributed by atoms with Crippen molar-refractivity contribution >= 4 is 38.6 Å². The molecule has 9 aromatic rings. The molecule has 1 heteroatoms. The van der Waals surface area contributed by atoms with E-state index in [2.05, 4.69) is 205 Å². The van der Waals surface area contributed by atoms with Crippen molar-refractivity contribution in [3.8, 4) is 22.3 Å². The summed E-state index contributed by atoms with van der Waals surface area (Å²) in [6.45, 7) is 0. The number of hydrogen-bond acceptors (Lipinski definition) is 1. The van der Waals surface area contributed by atoms with Crippen LogP contribution in [-0.2, 0) is 10.8 Å². The molecule has 310 valence electrons. The smallest absolute Gasteiger partial charge is 0.0714 e. The van der Waals surface area contributed by atoms with Crippen molar-refractivity contribution < 1.29 is 0 Å². The fraction of sp³-hybridized carbons (Fsp3) is 0.206. The minimum absolute atomic E-state index is 0.420. The number of anilines is 3. The molecule has 0 aliphatic heterocycles. The van der Waals surface area contributed by atoms with E-state index < -0.39 is 5.41 Å². The normalized spacial score (nSPS) is 18.9. The summed E-state index contributed by atoms with van der Waals surface area (Å²) in [6, 6.07) is 76.1. The summed E-state index contributed by atoms with van der Waals surface area (Å²) < 4.78 is 0. The summed E-state index contributed by atoms with van der Waals surface area (Å²) in [4.78, 5) is 2.49. The van der Waals surface area contributed by atoms with Gasteiger partial charge in [0.2, 0.25) is 0 Å². The minimum Gasteiger partial charge on any atom is -0.310 e. The Morgan fingerprint density at radius 1 is 0.391 bits per heavy atom. The fourth-order valence-electron chi connectivity index (χ4n) is 13.7. The van der Waals surface area contributed by atoms with Gasteiger partial charge in [-0.25, -0.2) is 0 Å². The van der Waals surface area contributed by atoms with Crippen LogP contribution in [0.25, 0.3) is 43.8 Å². The minimum atomic E-state index is -0.483. The maximum atomic E-state index is 2.62. The molecule has 0 saturated heterocycles. The fourth-order valence-corrected chi connectivity index (χ4v) is 13.7. The second kappa shape index (κ2) is 15.0. The highest BCUT2D eigenvalue weighted by Gasteiger charge is 2.52. The van der Waals surface area contributed by atoms with Gasteiger partial charge in [0.1, 0.15) is 0 Å². The molecule has 0 heterocycles. The molecular formula is C63H53N. The molecule has 0 N–H and O–H groups in total. The van der Waals surface area contributed by atoms with Crippen LogP contribution in [0.1, 0.15) is 97.1 Å². The summed E-state index contributed by atoms with van der Waals surface area (Å²) in [5, 5.41) is 5.08. The molecule has 13 rings (SSSR count). The SMILES string of the molecule is c1ccc(C2(c3ccccc3)c3ccccc3-c3ccc(N(c4ccc(-c5ccc6c(c5)C5CCCCC5C65CCCCC5)cc4)c4ccc5c(ccc6ccccc65)c4)cc32)cc1. The number of rotatable bonds is 6. The molecule has 0 amide bonds. The van der Waals surface area contributed by atoms with Gasteiger partial charge in [-0.2, -0.15) is 0 Å². The zero-order valence-electron chi connectivity index (χ0n) is 36.5. The first-order chi connectivity index (χ1) is 31.7. The van der Waals surface area contributed by atoms with Crippen LogP contribution in [0.4, 0.5) is 17.1 Å². The number of fused-ring (bicyclic) bond motifs is 11. The molecule has 1 spiro atoms. The van der Waals surface area contributed by atoms with Crippen LogP contribution in [0.3, 0.4) is 0 Å². The molecule has 4 aliphatic rings. The van der Waals surface area contributed by atoms with E-state index in [1.165, 1.54) is 124 Å². The Kier molecular flexibility index (Phi) is 8.84. The van der Waals surface area contributed by atoms with Gasteiger partial charge in [-0.3, -0.25) is 0 Å². The lowest BCUT2D eigenvalue weighted by atomic mass is 9.61. The first-order valence-corrected chi connectivity index (χ1v) is 24.0. The molecule has 4 aliphatic carbocycles. The summed E-state index contributed by atoms with van der Waals surface area (Å²) in [5.74, 6) is 1.57. The van der Waals surface area contributed by atoms with Crippen LogP contribution in [0.2, 0.25) is 0 Å². The van der Waals surface area contributed by atoms with E-state index in [0.29, 0.717) is 5.41 Å². The van der Waals surface area contributed by atoms with Crippen molar-refractivity contribution in [1.29, 1.82) is 0 Å². The highest BCUT2D eigenvalue weighted by atomic mass is 15.1. The second-order valence-corrected chi connectivity index (χ2v) is 19.3. The molecule has 0 bridgehead atoms. The molecule has 2 saturated carbocycles. The lowest BCUT2D eigenvalue weighted by Crippen LogP contribution is -2.36. The van der Waals surface area contributed by atoms with E-state index in [-0.39, 0.29) is 0 Å². The third kappa shape index (κ3) is 5.62. The zero-order valence-corrected chi connectivity index (χ0v) is 36.5. The molecule has 2 atom stereocenters. The zero-order chi connectivity index (χ0) is 42.2. The van der Waals surface area contributed by atoms with Gasteiger partial charge < -0.3 is 4.90 Å².